The number of rotatable bonds is 4. The molecule has 2 heteroatoms. The van der Waals surface area contributed by atoms with Crippen LogP contribution in [0.25, 0.3) is 0 Å². The van der Waals surface area contributed by atoms with Crippen molar-refractivity contribution in [1.82, 2.24) is 0 Å². The van der Waals surface area contributed by atoms with Crippen molar-refractivity contribution in [2.75, 3.05) is 0 Å². The first-order chi connectivity index (χ1) is 6.99. The normalized spacial score (nSPS) is 33.8. The highest BCUT2D eigenvalue weighted by molar-refractivity contribution is 5.37. The smallest absolute Gasteiger partial charge is 0.293 e. The van der Waals surface area contributed by atoms with Gasteiger partial charge in [-0.2, -0.15) is 0 Å². The van der Waals surface area contributed by atoms with E-state index in [9.17, 15) is 4.79 Å². The Bertz CT molecular complexity index is 203. The Morgan fingerprint density at radius 1 is 1.27 bits per heavy atom. The van der Waals surface area contributed by atoms with Crippen LogP contribution in [0.4, 0.5) is 0 Å². The molecule has 1 unspecified atom stereocenters. The van der Waals surface area contributed by atoms with Crippen molar-refractivity contribution in [3.8, 4) is 0 Å². The summed E-state index contributed by atoms with van der Waals surface area (Å²) < 4.78 is 5.10. The van der Waals surface area contributed by atoms with Gasteiger partial charge in [0.05, 0.1) is 0 Å². The monoisotopic (exact) mass is 212 g/mol. The molecule has 1 rings (SSSR count). The van der Waals surface area contributed by atoms with Crippen LogP contribution in [0.1, 0.15) is 53.4 Å². The van der Waals surface area contributed by atoms with Crippen molar-refractivity contribution in [2.45, 2.75) is 59.5 Å². The van der Waals surface area contributed by atoms with Gasteiger partial charge in [-0.1, -0.05) is 20.8 Å². The van der Waals surface area contributed by atoms with Gasteiger partial charge < -0.3 is 4.74 Å². The first kappa shape index (κ1) is 12.5. The minimum atomic E-state index is 0.0584. The van der Waals surface area contributed by atoms with E-state index in [0.717, 1.165) is 11.8 Å². The van der Waals surface area contributed by atoms with Gasteiger partial charge in [-0.05, 0) is 44.4 Å². The zero-order valence-electron chi connectivity index (χ0n) is 10.5. The molecule has 1 saturated carbocycles. The number of carbonyl (C=O) groups is 1. The molecule has 15 heavy (non-hydrogen) atoms. The van der Waals surface area contributed by atoms with Gasteiger partial charge in [0.25, 0.3) is 6.47 Å². The second-order valence-corrected chi connectivity index (χ2v) is 5.61. The van der Waals surface area contributed by atoms with E-state index in [2.05, 4.69) is 20.8 Å². The summed E-state index contributed by atoms with van der Waals surface area (Å²) in [5, 5.41) is 0. The Balaban J connectivity index is 2.50. The molecule has 1 aliphatic carbocycles. The summed E-state index contributed by atoms with van der Waals surface area (Å²) in [5.74, 6) is 1.65. The van der Waals surface area contributed by atoms with Crippen molar-refractivity contribution in [3.05, 3.63) is 0 Å². The molecular formula is C13H24O2. The minimum Gasteiger partial charge on any atom is -0.464 e. The van der Waals surface area contributed by atoms with E-state index in [0.29, 0.717) is 6.47 Å². The van der Waals surface area contributed by atoms with Gasteiger partial charge in [0.1, 0.15) is 6.10 Å². The maximum absolute atomic E-state index is 10.4. The first-order valence-electron chi connectivity index (χ1n) is 6.08. The van der Waals surface area contributed by atoms with Crippen LogP contribution >= 0.6 is 0 Å². The minimum absolute atomic E-state index is 0.0584. The molecule has 1 fully saturated rings. The number of hydrogen-bond acceptors (Lipinski definition) is 2. The Morgan fingerprint density at radius 2 is 1.80 bits per heavy atom. The van der Waals surface area contributed by atoms with E-state index in [1.54, 1.807) is 0 Å². The Hall–Kier alpha value is -0.530. The van der Waals surface area contributed by atoms with E-state index >= 15 is 0 Å². The molecule has 2 nitrogen and oxygen atoms in total. The zero-order chi connectivity index (χ0) is 11.5. The highest BCUT2D eigenvalue weighted by Crippen LogP contribution is 2.43. The van der Waals surface area contributed by atoms with Gasteiger partial charge in [0.15, 0.2) is 0 Å². The van der Waals surface area contributed by atoms with Crippen LogP contribution in [0.3, 0.4) is 0 Å². The highest BCUT2D eigenvalue weighted by atomic mass is 16.5. The van der Waals surface area contributed by atoms with E-state index < -0.39 is 0 Å². The summed E-state index contributed by atoms with van der Waals surface area (Å²) in [6.45, 7) is 9.46. The van der Waals surface area contributed by atoms with Crippen LogP contribution < -0.4 is 0 Å². The summed E-state index contributed by atoms with van der Waals surface area (Å²) in [7, 11) is 0. The predicted molar refractivity (Wildman–Crippen MR) is 61.5 cm³/mol. The molecular weight excluding hydrogens is 188 g/mol. The van der Waals surface area contributed by atoms with Gasteiger partial charge in [0.2, 0.25) is 0 Å². The van der Waals surface area contributed by atoms with E-state index in [1.165, 1.54) is 25.7 Å². The topological polar surface area (TPSA) is 26.3 Å². The molecule has 0 bridgehead atoms. The summed E-state index contributed by atoms with van der Waals surface area (Å²) in [6.07, 6.45) is 4.99. The summed E-state index contributed by atoms with van der Waals surface area (Å²) in [6, 6.07) is 0. The third-order valence-electron chi connectivity index (χ3n) is 4.36. The average Bonchev–Trinajstić information content (AvgIpc) is 2.18. The van der Waals surface area contributed by atoms with Crippen LogP contribution in [-0.2, 0) is 9.53 Å². The lowest BCUT2D eigenvalue weighted by molar-refractivity contribution is -0.140. The van der Waals surface area contributed by atoms with Crippen LogP contribution in [0, 0.1) is 17.3 Å². The predicted octanol–water partition coefficient (Wildman–Crippen LogP) is 3.40. The zero-order valence-corrected chi connectivity index (χ0v) is 10.5. The molecule has 1 aliphatic rings. The fourth-order valence-electron chi connectivity index (χ4n) is 2.62. The Labute approximate surface area is 93.4 Å². The van der Waals surface area contributed by atoms with Crippen LogP contribution in [-0.4, -0.2) is 12.6 Å². The van der Waals surface area contributed by atoms with E-state index in [-0.39, 0.29) is 11.5 Å². The molecule has 0 saturated heterocycles. The van der Waals surface area contributed by atoms with E-state index in [4.69, 9.17) is 4.74 Å². The van der Waals surface area contributed by atoms with Gasteiger partial charge in [-0.25, -0.2) is 0 Å². The molecule has 1 atom stereocenters. The maximum Gasteiger partial charge on any atom is 0.293 e. The molecule has 0 aromatic carbocycles. The molecule has 0 spiro atoms. The lowest BCUT2D eigenvalue weighted by Gasteiger charge is -2.41. The molecule has 0 radical (unpaired) electrons. The maximum atomic E-state index is 10.4. The van der Waals surface area contributed by atoms with Crippen LogP contribution in [0.5, 0.6) is 0 Å². The molecule has 0 amide bonds. The Morgan fingerprint density at radius 3 is 2.20 bits per heavy atom. The van der Waals surface area contributed by atoms with Crippen LogP contribution in [0.2, 0.25) is 0 Å². The molecule has 0 heterocycles. The van der Waals surface area contributed by atoms with Crippen molar-refractivity contribution in [2.24, 2.45) is 17.3 Å². The lowest BCUT2D eigenvalue weighted by Crippen LogP contribution is -2.36. The molecule has 88 valence electrons. The van der Waals surface area contributed by atoms with Gasteiger partial charge in [0, 0.05) is 5.41 Å². The standard InChI is InChI=1S/C13H24O2/c1-10(2)12-5-7-13(4,8-6-12)11(3)15-9-14/h9-12H,5-8H2,1-4H3. The van der Waals surface area contributed by atoms with E-state index in [1.807, 2.05) is 6.92 Å². The average molecular weight is 212 g/mol. The van der Waals surface area contributed by atoms with Gasteiger partial charge in [-0.3, -0.25) is 4.79 Å². The third-order valence-corrected chi connectivity index (χ3v) is 4.36. The van der Waals surface area contributed by atoms with Crippen molar-refractivity contribution < 1.29 is 9.53 Å². The molecule has 0 aromatic rings. The number of ether oxygens (including phenoxy) is 1. The second-order valence-electron chi connectivity index (χ2n) is 5.61. The van der Waals surface area contributed by atoms with Crippen molar-refractivity contribution in [1.29, 1.82) is 0 Å². The van der Waals surface area contributed by atoms with Gasteiger partial charge >= 0.3 is 0 Å². The number of carbonyl (C=O) groups excluding carboxylic acids is 1. The third kappa shape index (κ3) is 2.96. The van der Waals surface area contributed by atoms with Crippen molar-refractivity contribution >= 4 is 6.47 Å². The van der Waals surface area contributed by atoms with Gasteiger partial charge in [-0.15, -0.1) is 0 Å². The molecule has 0 N–H and O–H groups in total. The SMILES string of the molecule is CC(C)C1CCC(C)(C(C)OC=O)CC1. The number of hydrogen-bond donors (Lipinski definition) is 0. The first-order valence-corrected chi connectivity index (χ1v) is 6.08. The Kier molecular flexibility index (Phi) is 4.18. The largest absolute Gasteiger partial charge is 0.464 e. The lowest BCUT2D eigenvalue weighted by atomic mass is 9.67. The fraction of sp³-hybridized carbons (Fsp3) is 0.923. The highest BCUT2D eigenvalue weighted by Gasteiger charge is 2.37. The molecule has 0 aromatic heterocycles. The fourth-order valence-corrected chi connectivity index (χ4v) is 2.62. The quantitative estimate of drug-likeness (QED) is 0.668. The summed E-state index contributed by atoms with van der Waals surface area (Å²) >= 11 is 0. The van der Waals surface area contributed by atoms with Crippen molar-refractivity contribution in [3.63, 3.8) is 0 Å². The van der Waals surface area contributed by atoms with Crippen LogP contribution in [0.15, 0.2) is 0 Å². The molecule has 0 aliphatic heterocycles. The summed E-state index contributed by atoms with van der Waals surface area (Å²) in [5.41, 5.74) is 0.201. The summed E-state index contributed by atoms with van der Waals surface area (Å²) in [4.78, 5) is 10.4. The second kappa shape index (κ2) is 5.00.